The topological polar surface area (TPSA) is 63.5 Å². The zero-order valence-electron chi connectivity index (χ0n) is 15.8. The molecule has 3 aromatic carbocycles. The van der Waals surface area contributed by atoms with Crippen molar-refractivity contribution in [1.82, 2.24) is 0 Å². The zero-order valence-corrected chi connectivity index (χ0v) is 16.7. The maximum absolute atomic E-state index is 8.64. The van der Waals surface area contributed by atoms with Gasteiger partial charge in [0.2, 0.25) is 0 Å². The van der Waals surface area contributed by atoms with Crippen molar-refractivity contribution >= 4 is 30.5 Å². The van der Waals surface area contributed by atoms with Crippen molar-refractivity contribution in [2.75, 3.05) is 6.16 Å². The lowest BCUT2D eigenvalue weighted by Gasteiger charge is -2.28. The molecule has 2 N–H and O–H groups in total. The minimum absolute atomic E-state index is 1.08. The Hall–Kier alpha value is -1.97. The van der Waals surface area contributed by atoms with Gasteiger partial charge in [0, 0.05) is 0 Å². The molecule has 0 atom stereocenters. The Morgan fingerprint density at radius 3 is 1.56 bits per heavy atom. The van der Waals surface area contributed by atoms with Crippen LogP contribution in [-0.2, 0) is 6.42 Å². The second-order valence-electron chi connectivity index (χ2n) is 6.11. The molecule has 3 aromatic rings. The average molecular weight is 380 g/mol. The van der Waals surface area contributed by atoms with E-state index in [2.05, 4.69) is 98.8 Å². The maximum Gasteiger partial charge on any atom is 0.339 e. The first-order valence-corrected chi connectivity index (χ1v) is 11.1. The van der Waals surface area contributed by atoms with Crippen LogP contribution in [0.25, 0.3) is 0 Å². The molecule has 0 aliphatic rings. The number of benzene rings is 3. The van der Waals surface area contributed by atoms with Crippen LogP contribution >= 0.6 is 7.26 Å². The number of hydrogen-bond acceptors (Lipinski definition) is 3. The molecule has 0 amide bonds. The van der Waals surface area contributed by atoms with Crippen molar-refractivity contribution in [3.8, 4) is 0 Å². The summed E-state index contributed by atoms with van der Waals surface area (Å²) in [6, 6.07) is 31.2. The van der Waals surface area contributed by atoms with Gasteiger partial charge in [-0.2, -0.15) is 0 Å². The van der Waals surface area contributed by atoms with E-state index in [1.165, 1.54) is 16.2 Å². The fraction of sp³-hybridized carbons (Fsp3) is 0.182. The molecule has 0 saturated carbocycles. The van der Waals surface area contributed by atoms with Gasteiger partial charge in [-0.25, -0.2) is 0 Å². The fourth-order valence-electron chi connectivity index (χ4n) is 3.51. The summed E-state index contributed by atoms with van der Waals surface area (Å²) >= 11 is 0. The maximum atomic E-state index is 8.64. The van der Waals surface area contributed by atoms with E-state index in [9.17, 15) is 0 Å². The minimum Gasteiger partial charge on any atom is -0.832 e. The first kappa shape index (κ1) is 21.3. The Labute approximate surface area is 162 Å². The van der Waals surface area contributed by atoms with Gasteiger partial charge < -0.3 is 15.1 Å². The van der Waals surface area contributed by atoms with Gasteiger partial charge in [-0.05, 0) is 49.2 Å². The SMILES string of the molecule is CCc1ccccc1[P+](CC)(c1ccccc1)c1ccccc1.[O-]B(O)O. The van der Waals surface area contributed by atoms with Crippen LogP contribution in [0.1, 0.15) is 19.4 Å². The molecule has 0 spiro atoms. The van der Waals surface area contributed by atoms with E-state index in [1.54, 1.807) is 5.30 Å². The monoisotopic (exact) mass is 380 g/mol. The van der Waals surface area contributed by atoms with Crippen LogP contribution in [0.3, 0.4) is 0 Å². The predicted octanol–water partition coefficient (Wildman–Crippen LogP) is 1.88. The molecule has 0 radical (unpaired) electrons. The lowest BCUT2D eigenvalue weighted by atomic mass is 10.2. The van der Waals surface area contributed by atoms with E-state index in [4.69, 9.17) is 15.1 Å². The van der Waals surface area contributed by atoms with Crippen molar-refractivity contribution in [2.45, 2.75) is 20.3 Å². The third kappa shape index (κ3) is 5.06. The van der Waals surface area contributed by atoms with Crippen molar-refractivity contribution in [3.63, 3.8) is 0 Å². The molecule has 0 aliphatic heterocycles. The van der Waals surface area contributed by atoms with Gasteiger partial charge in [0.05, 0.1) is 6.16 Å². The molecule has 0 saturated heterocycles. The standard InChI is InChI=1S/C22H24P.BH2O3/c1-3-19-13-11-12-18-22(19)23(4-2,20-14-7-5-8-15-20)21-16-9-6-10-17-21;2-1(3)4/h5-18H,3-4H2,1-2H3;2-3H/q+1;-1. The quantitative estimate of drug-likeness (QED) is 0.525. The molecule has 0 fully saturated rings. The van der Waals surface area contributed by atoms with Gasteiger partial charge in [0.15, 0.2) is 0 Å². The van der Waals surface area contributed by atoms with Gasteiger partial charge >= 0.3 is 7.32 Å². The van der Waals surface area contributed by atoms with E-state index >= 15 is 0 Å². The molecule has 3 nitrogen and oxygen atoms in total. The third-order valence-corrected chi connectivity index (χ3v) is 9.22. The van der Waals surface area contributed by atoms with E-state index in [1.807, 2.05) is 0 Å². The third-order valence-electron chi connectivity index (χ3n) is 4.65. The molecular formula is C22H26BO3P. The summed E-state index contributed by atoms with van der Waals surface area (Å²) in [6.07, 6.45) is 2.23. The van der Waals surface area contributed by atoms with Gasteiger partial charge in [0.1, 0.15) is 23.2 Å². The molecule has 0 heterocycles. The number of hydrogen-bond donors (Lipinski definition) is 2. The summed E-state index contributed by atoms with van der Waals surface area (Å²) in [7, 11) is -4.00. The Kier molecular flexibility index (Phi) is 8.21. The van der Waals surface area contributed by atoms with Crippen LogP contribution in [0.4, 0.5) is 0 Å². The Morgan fingerprint density at radius 1 is 0.741 bits per heavy atom. The van der Waals surface area contributed by atoms with Gasteiger partial charge in [-0.3, -0.25) is 0 Å². The molecule has 0 aromatic heterocycles. The molecule has 27 heavy (non-hydrogen) atoms. The van der Waals surface area contributed by atoms with Gasteiger partial charge in [0.25, 0.3) is 0 Å². The largest absolute Gasteiger partial charge is 0.832 e. The van der Waals surface area contributed by atoms with Crippen LogP contribution < -0.4 is 20.9 Å². The highest BCUT2D eigenvalue weighted by Crippen LogP contribution is 2.55. The summed E-state index contributed by atoms with van der Waals surface area (Å²) < 4.78 is 0. The van der Waals surface area contributed by atoms with E-state index in [0.29, 0.717) is 0 Å². The number of aryl methyl sites for hydroxylation is 1. The summed E-state index contributed by atoms with van der Waals surface area (Å²) in [6.45, 7) is 4.61. The average Bonchev–Trinajstić information content (AvgIpc) is 2.71. The van der Waals surface area contributed by atoms with Crippen LogP contribution in [0, 0.1) is 0 Å². The highest BCUT2D eigenvalue weighted by molar-refractivity contribution is 7.95. The second kappa shape index (κ2) is 10.4. The second-order valence-corrected chi connectivity index (χ2v) is 9.87. The molecule has 0 aliphatic carbocycles. The van der Waals surface area contributed by atoms with E-state index in [-0.39, 0.29) is 0 Å². The van der Waals surface area contributed by atoms with Crippen LogP contribution in [0.15, 0.2) is 84.9 Å². The highest BCUT2D eigenvalue weighted by Gasteiger charge is 2.44. The highest BCUT2D eigenvalue weighted by atomic mass is 31.2. The predicted molar refractivity (Wildman–Crippen MR) is 115 cm³/mol. The number of rotatable bonds is 5. The van der Waals surface area contributed by atoms with Crippen molar-refractivity contribution in [1.29, 1.82) is 0 Å². The Bertz CT molecular complexity index is 768. The van der Waals surface area contributed by atoms with Crippen molar-refractivity contribution in [3.05, 3.63) is 90.5 Å². The first-order valence-electron chi connectivity index (χ1n) is 9.16. The summed E-state index contributed by atoms with van der Waals surface area (Å²) in [4.78, 5) is 0. The Morgan fingerprint density at radius 2 is 1.15 bits per heavy atom. The minimum atomic E-state index is -2.42. The van der Waals surface area contributed by atoms with Crippen LogP contribution in [0.2, 0.25) is 0 Å². The molecule has 3 rings (SSSR count). The summed E-state index contributed by atoms with van der Waals surface area (Å²) in [5, 5.41) is 27.3. The first-order chi connectivity index (χ1) is 13.1. The van der Waals surface area contributed by atoms with Crippen molar-refractivity contribution < 1.29 is 15.1 Å². The molecule has 5 heteroatoms. The summed E-state index contributed by atoms with van der Waals surface area (Å²) in [5.41, 5.74) is 1.48. The smallest absolute Gasteiger partial charge is 0.339 e. The fourth-order valence-corrected chi connectivity index (χ4v) is 7.86. The summed E-state index contributed by atoms with van der Waals surface area (Å²) in [5.74, 6) is 0. The lowest BCUT2D eigenvalue weighted by Crippen LogP contribution is -2.34. The molecular weight excluding hydrogens is 354 g/mol. The van der Waals surface area contributed by atoms with Gasteiger partial charge in [-0.15, -0.1) is 0 Å². The molecule has 0 bridgehead atoms. The lowest BCUT2D eigenvalue weighted by molar-refractivity contribution is -0.242. The Balaban J connectivity index is 0.000000596. The van der Waals surface area contributed by atoms with E-state index < -0.39 is 14.6 Å². The molecule has 140 valence electrons. The van der Waals surface area contributed by atoms with Crippen molar-refractivity contribution in [2.24, 2.45) is 0 Å². The normalized spacial score (nSPS) is 10.7. The van der Waals surface area contributed by atoms with Crippen LogP contribution in [-0.4, -0.2) is 23.5 Å². The zero-order chi connectivity index (χ0) is 19.7. The van der Waals surface area contributed by atoms with Crippen LogP contribution in [0.5, 0.6) is 0 Å². The van der Waals surface area contributed by atoms with Gasteiger partial charge in [-0.1, -0.05) is 61.5 Å². The molecule has 0 unspecified atom stereocenters. The van der Waals surface area contributed by atoms with E-state index in [0.717, 1.165) is 12.6 Å².